The summed E-state index contributed by atoms with van der Waals surface area (Å²) in [5, 5.41) is 3.56. The predicted molar refractivity (Wildman–Crippen MR) is 86.6 cm³/mol. The molecule has 21 heavy (non-hydrogen) atoms. The molecule has 0 radical (unpaired) electrons. The third kappa shape index (κ3) is 2.43. The van der Waals surface area contributed by atoms with Gasteiger partial charge in [0.05, 0.1) is 0 Å². The van der Waals surface area contributed by atoms with E-state index in [2.05, 4.69) is 35.3 Å². The first-order valence-electron chi connectivity index (χ1n) is 7.96. The van der Waals surface area contributed by atoms with E-state index in [4.69, 9.17) is 0 Å². The number of fused-ring (bicyclic) bond motifs is 2. The van der Waals surface area contributed by atoms with E-state index < -0.39 is 0 Å². The first kappa shape index (κ1) is 14.4. The van der Waals surface area contributed by atoms with E-state index in [1.54, 1.807) is 0 Å². The van der Waals surface area contributed by atoms with Crippen molar-refractivity contribution < 1.29 is 4.79 Å². The molecule has 0 aromatic heterocycles. The lowest BCUT2D eigenvalue weighted by Gasteiger charge is -2.41. The molecule has 0 aliphatic carbocycles. The van der Waals surface area contributed by atoms with Gasteiger partial charge in [-0.2, -0.15) is 0 Å². The highest BCUT2D eigenvalue weighted by molar-refractivity contribution is 5.81. The van der Waals surface area contributed by atoms with Gasteiger partial charge in [-0.3, -0.25) is 4.79 Å². The third-order valence-electron chi connectivity index (χ3n) is 5.01. The van der Waals surface area contributed by atoms with Crippen molar-refractivity contribution in [3.63, 3.8) is 0 Å². The number of piperidine rings is 1. The monoisotopic (exact) mass is 286 g/mol. The van der Waals surface area contributed by atoms with Crippen molar-refractivity contribution in [2.45, 2.75) is 46.0 Å². The second kappa shape index (κ2) is 4.75. The number of hydrogen-bond donors (Lipinski definition) is 1. The molecule has 1 saturated heterocycles. The maximum Gasteiger partial charge on any atom is 0.227 e. The van der Waals surface area contributed by atoms with Crippen LogP contribution in [-0.4, -0.2) is 30.4 Å². The van der Waals surface area contributed by atoms with Crippen molar-refractivity contribution in [3.8, 4) is 0 Å². The van der Waals surface area contributed by atoms with Crippen molar-refractivity contribution in [2.24, 2.45) is 5.41 Å². The van der Waals surface area contributed by atoms with Gasteiger partial charge in [0.1, 0.15) is 0 Å². The summed E-state index contributed by atoms with van der Waals surface area (Å²) in [5.74, 6) is 0.285. The first-order chi connectivity index (χ1) is 9.82. The van der Waals surface area contributed by atoms with Gasteiger partial charge in [-0.05, 0) is 31.4 Å². The number of anilines is 1. The number of nitrogens with one attached hydrogen (secondary N) is 1. The van der Waals surface area contributed by atoms with E-state index in [1.165, 1.54) is 16.8 Å². The number of likely N-dealkylation sites (tertiary alicyclic amines) is 1. The summed E-state index contributed by atoms with van der Waals surface area (Å²) in [7, 11) is 0. The smallest absolute Gasteiger partial charge is 0.227 e. The average Bonchev–Trinajstić information content (AvgIpc) is 2.77. The number of amides is 1. The number of rotatable bonds is 0. The zero-order valence-corrected chi connectivity index (χ0v) is 13.6. The minimum absolute atomic E-state index is 0.232. The average molecular weight is 286 g/mol. The van der Waals surface area contributed by atoms with Crippen LogP contribution in [0.1, 0.15) is 44.7 Å². The van der Waals surface area contributed by atoms with Gasteiger partial charge in [0.25, 0.3) is 0 Å². The van der Waals surface area contributed by atoms with Crippen molar-refractivity contribution in [3.05, 3.63) is 29.3 Å². The van der Waals surface area contributed by atoms with Crippen LogP contribution in [-0.2, 0) is 10.2 Å². The fourth-order valence-corrected chi connectivity index (χ4v) is 3.67. The van der Waals surface area contributed by atoms with Crippen molar-refractivity contribution >= 4 is 11.6 Å². The summed E-state index contributed by atoms with van der Waals surface area (Å²) < 4.78 is 0. The van der Waals surface area contributed by atoms with E-state index in [0.29, 0.717) is 0 Å². The van der Waals surface area contributed by atoms with Gasteiger partial charge in [-0.15, -0.1) is 0 Å². The predicted octanol–water partition coefficient (Wildman–Crippen LogP) is 3.33. The summed E-state index contributed by atoms with van der Waals surface area (Å²) in [6.07, 6.45) is 2.14. The number of nitrogens with zero attached hydrogens (tertiary/aromatic N) is 1. The van der Waals surface area contributed by atoms with Crippen LogP contribution < -0.4 is 5.32 Å². The Balaban J connectivity index is 1.78. The van der Waals surface area contributed by atoms with Crippen molar-refractivity contribution in [2.75, 3.05) is 25.0 Å². The number of hydrogen-bond acceptors (Lipinski definition) is 2. The molecule has 0 unspecified atom stereocenters. The molecule has 3 rings (SSSR count). The van der Waals surface area contributed by atoms with Gasteiger partial charge in [0.15, 0.2) is 0 Å². The molecule has 1 spiro atoms. The summed E-state index contributed by atoms with van der Waals surface area (Å²) in [4.78, 5) is 14.5. The molecule has 114 valence electrons. The Hall–Kier alpha value is -1.51. The molecule has 1 aromatic carbocycles. The highest BCUT2D eigenvalue weighted by atomic mass is 16.2. The number of carbonyl (C=O) groups is 1. The van der Waals surface area contributed by atoms with Crippen LogP contribution in [0.15, 0.2) is 18.2 Å². The van der Waals surface area contributed by atoms with Gasteiger partial charge < -0.3 is 10.2 Å². The molecule has 1 aromatic rings. The number of carbonyl (C=O) groups excluding carboxylic acids is 1. The van der Waals surface area contributed by atoms with Crippen molar-refractivity contribution in [1.82, 2.24) is 4.90 Å². The Morgan fingerprint density at radius 3 is 2.52 bits per heavy atom. The Morgan fingerprint density at radius 1 is 1.24 bits per heavy atom. The second-order valence-electron chi connectivity index (χ2n) is 7.73. The van der Waals surface area contributed by atoms with E-state index in [0.717, 1.165) is 32.5 Å². The molecule has 2 aliphatic rings. The number of aryl methyl sites for hydroxylation is 1. The normalized spacial score (nSPS) is 20.3. The van der Waals surface area contributed by atoms with Crippen molar-refractivity contribution in [1.29, 1.82) is 0 Å². The first-order valence-corrected chi connectivity index (χ1v) is 7.96. The Kier molecular flexibility index (Phi) is 3.27. The van der Waals surface area contributed by atoms with E-state index in [1.807, 2.05) is 20.8 Å². The maximum atomic E-state index is 12.4. The molecule has 0 atom stereocenters. The summed E-state index contributed by atoms with van der Waals surface area (Å²) in [5.41, 5.74) is 4.04. The van der Waals surface area contributed by atoms with Crippen LogP contribution >= 0.6 is 0 Å². The molecule has 1 amide bonds. The molecule has 0 saturated carbocycles. The number of benzene rings is 1. The lowest BCUT2D eigenvalue weighted by Crippen LogP contribution is -2.49. The van der Waals surface area contributed by atoms with Gasteiger partial charge in [-0.1, -0.05) is 38.5 Å². The summed E-state index contributed by atoms with van der Waals surface area (Å²) in [6.45, 7) is 11.0. The van der Waals surface area contributed by atoms with Crippen LogP contribution in [0, 0.1) is 12.3 Å². The molecule has 0 bridgehead atoms. The quantitative estimate of drug-likeness (QED) is 0.793. The highest BCUT2D eigenvalue weighted by Gasteiger charge is 2.43. The van der Waals surface area contributed by atoms with E-state index in [-0.39, 0.29) is 16.7 Å². The van der Waals surface area contributed by atoms with E-state index in [9.17, 15) is 4.79 Å². The fraction of sp³-hybridized carbons (Fsp3) is 0.611. The molecular formula is C18H26N2O. The second-order valence-corrected chi connectivity index (χ2v) is 7.73. The molecule has 3 nitrogen and oxygen atoms in total. The van der Waals surface area contributed by atoms with Crippen LogP contribution in [0.4, 0.5) is 5.69 Å². The SMILES string of the molecule is Cc1ccc2c(c1)C1(CCN(C(=O)C(C)(C)C)CC1)CN2. The van der Waals surface area contributed by atoms with Crippen LogP contribution in [0.2, 0.25) is 0 Å². The Morgan fingerprint density at radius 2 is 1.90 bits per heavy atom. The minimum Gasteiger partial charge on any atom is -0.384 e. The molecule has 2 aliphatic heterocycles. The Labute approximate surface area is 127 Å². The topological polar surface area (TPSA) is 32.3 Å². The zero-order chi connectivity index (χ0) is 15.3. The lowest BCUT2D eigenvalue weighted by molar-refractivity contribution is -0.141. The molecule has 3 heteroatoms. The van der Waals surface area contributed by atoms with Gasteiger partial charge >= 0.3 is 0 Å². The highest BCUT2D eigenvalue weighted by Crippen LogP contribution is 2.44. The minimum atomic E-state index is -0.271. The lowest BCUT2D eigenvalue weighted by atomic mass is 9.73. The zero-order valence-electron chi connectivity index (χ0n) is 13.6. The molecule has 2 heterocycles. The van der Waals surface area contributed by atoms with Crippen LogP contribution in [0.3, 0.4) is 0 Å². The molecule has 1 fully saturated rings. The summed E-state index contributed by atoms with van der Waals surface area (Å²) >= 11 is 0. The fourth-order valence-electron chi connectivity index (χ4n) is 3.67. The maximum absolute atomic E-state index is 12.4. The molecular weight excluding hydrogens is 260 g/mol. The molecule has 1 N–H and O–H groups in total. The summed E-state index contributed by atoms with van der Waals surface area (Å²) in [6, 6.07) is 6.70. The van der Waals surface area contributed by atoms with E-state index >= 15 is 0 Å². The Bertz CT molecular complexity index is 563. The van der Waals surface area contributed by atoms with Gasteiger partial charge in [-0.25, -0.2) is 0 Å². The van der Waals surface area contributed by atoms with Gasteiger partial charge in [0, 0.05) is 36.2 Å². The largest absolute Gasteiger partial charge is 0.384 e. The standard InChI is InChI=1S/C18H26N2O/c1-13-5-6-15-14(11-13)18(12-19-15)7-9-20(10-8-18)16(21)17(2,3)4/h5-6,11,19H,7-10,12H2,1-4H3. The van der Waals surface area contributed by atoms with Crippen LogP contribution in [0.5, 0.6) is 0 Å². The van der Waals surface area contributed by atoms with Gasteiger partial charge in [0.2, 0.25) is 5.91 Å². The van der Waals surface area contributed by atoms with Crippen LogP contribution in [0.25, 0.3) is 0 Å². The third-order valence-corrected chi connectivity index (χ3v) is 5.01.